The Morgan fingerprint density at radius 2 is 1.81 bits per heavy atom. The lowest BCUT2D eigenvalue weighted by atomic mass is 9.96. The highest BCUT2D eigenvalue weighted by Crippen LogP contribution is 2.44. The van der Waals surface area contributed by atoms with E-state index in [1.165, 1.54) is 7.11 Å². The van der Waals surface area contributed by atoms with Crippen molar-refractivity contribution in [3.63, 3.8) is 0 Å². The Hall–Kier alpha value is -4.17. The average Bonchev–Trinajstić information content (AvgIpc) is 3.39. The number of aromatic nitrogens is 2. The van der Waals surface area contributed by atoms with Crippen LogP contribution in [0.25, 0.3) is 5.69 Å². The van der Waals surface area contributed by atoms with Gasteiger partial charge in [-0.05, 0) is 92.3 Å². The second-order valence-corrected chi connectivity index (χ2v) is 9.10. The molecule has 0 amide bonds. The highest BCUT2D eigenvalue weighted by atomic mass is 32.1. The monoisotopic (exact) mass is 498 g/mol. The lowest BCUT2D eigenvalue weighted by Crippen LogP contribution is -2.29. The largest absolute Gasteiger partial charge is 0.508 e. The number of rotatable bonds is 5. The molecule has 2 aromatic heterocycles. The molecular weight excluding hydrogens is 472 g/mol. The lowest BCUT2D eigenvalue weighted by Gasteiger charge is -2.28. The molecule has 0 bridgehead atoms. The molecule has 0 aliphatic carbocycles. The van der Waals surface area contributed by atoms with Crippen molar-refractivity contribution in [2.75, 3.05) is 12.0 Å². The first-order valence-electron chi connectivity index (χ1n) is 11.6. The topological polar surface area (TPSA) is 79.6 Å². The number of nitrogens with one attached hydrogen (secondary N) is 1. The summed E-state index contributed by atoms with van der Waals surface area (Å²) in [7, 11) is 1.38. The van der Waals surface area contributed by atoms with Gasteiger partial charge in [0.05, 0.1) is 30.5 Å². The number of nitrogens with zero attached hydrogens (tertiary/aromatic N) is 3. The molecule has 0 spiro atoms. The van der Waals surface area contributed by atoms with Crippen molar-refractivity contribution >= 4 is 29.0 Å². The molecule has 0 unspecified atom stereocenters. The molecule has 8 heteroatoms. The lowest BCUT2D eigenvalue weighted by molar-refractivity contribution is 0.0600. The van der Waals surface area contributed by atoms with Crippen LogP contribution in [0, 0.1) is 13.8 Å². The van der Waals surface area contributed by atoms with Gasteiger partial charge in [0.25, 0.3) is 0 Å². The van der Waals surface area contributed by atoms with Crippen molar-refractivity contribution < 1.29 is 14.6 Å². The first-order valence-corrected chi connectivity index (χ1v) is 12.0. The summed E-state index contributed by atoms with van der Waals surface area (Å²) in [5.41, 5.74) is 6.23. The first-order chi connectivity index (χ1) is 17.4. The van der Waals surface area contributed by atoms with Crippen LogP contribution in [0.1, 0.15) is 45.1 Å². The first kappa shape index (κ1) is 23.6. The second kappa shape index (κ2) is 9.47. The number of thiocarbonyl (C=S) groups is 1. The van der Waals surface area contributed by atoms with Crippen LogP contribution in [0.3, 0.4) is 0 Å². The molecule has 2 atom stereocenters. The van der Waals surface area contributed by atoms with Gasteiger partial charge in [0, 0.05) is 29.0 Å². The molecule has 36 heavy (non-hydrogen) atoms. The molecule has 0 saturated carbocycles. The molecular formula is C28H26N4O3S. The molecule has 2 aromatic carbocycles. The minimum absolute atomic E-state index is 0.192. The predicted molar refractivity (Wildman–Crippen MR) is 143 cm³/mol. The van der Waals surface area contributed by atoms with Crippen molar-refractivity contribution in [3.05, 3.63) is 107 Å². The van der Waals surface area contributed by atoms with Crippen molar-refractivity contribution in [1.29, 1.82) is 0 Å². The minimum atomic E-state index is -0.376. The van der Waals surface area contributed by atoms with E-state index in [1.807, 2.05) is 55.5 Å². The maximum absolute atomic E-state index is 12.2. The van der Waals surface area contributed by atoms with Gasteiger partial charge >= 0.3 is 5.97 Å². The molecule has 7 nitrogen and oxygen atoms in total. The summed E-state index contributed by atoms with van der Waals surface area (Å²) in [6.07, 6.45) is 1.78. The van der Waals surface area contributed by atoms with E-state index in [9.17, 15) is 9.90 Å². The van der Waals surface area contributed by atoms with Crippen molar-refractivity contribution in [1.82, 2.24) is 14.9 Å². The van der Waals surface area contributed by atoms with Crippen LogP contribution in [0.2, 0.25) is 0 Å². The third kappa shape index (κ3) is 4.09. The quantitative estimate of drug-likeness (QED) is 0.291. The van der Waals surface area contributed by atoms with Gasteiger partial charge in [0.15, 0.2) is 5.11 Å². The van der Waals surface area contributed by atoms with E-state index >= 15 is 0 Å². The van der Waals surface area contributed by atoms with Gasteiger partial charge in [-0.15, -0.1) is 0 Å². The van der Waals surface area contributed by atoms with E-state index in [-0.39, 0.29) is 23.8 Å². The number of carbonyl (C=O) groups is 1. The number of anilines is 1. The molecule has 4 aromatic rings. The maximum atomic E-state index is 12.2. The molecule has 2 N–H and O–H groups in total. The Labute approximate surface area is 215 Å². The van der Waals surface area contributed by atoms with E-state index in [2.05, 4.69) is 32.8 Å². The van der Waals surface area contributed by atoms with Gasteiger partial charge in [-0.3, -0.25) is 4.98 Å². The smallest absolute Gasteiger partial charge is 0.337 e. The summed E-state index contributed by atoms with van der Waals surface area (Å²) < 4.78 is 7.05. The van der Waals surface area contributed by atoms with Crippen LogP contribution >= 0.6 is 12.2 Å². The standard InChI is InChI=1S/C28H26N4O3S/c1-17-15-23(18(2)31(17)21-8-6-7-19(16-21)27(34)35-3)26-25(24-9-4-5-14-29-24)30-28(36)32(26)20-10-12-22(33)13-11-20/h4-16,25-26,33H,1-3H3,(H,30,36)/t25-,26+/m1/s1. The molecule has 3 heterocycles. The van der Waals surface area contributed by atoms with Crippen LogP contribution in [0.15, 0.2) is 79.0 Å². The Bertz CT molecular complexity index is 1430. The SMILES string of the molecule is COC(=O)c1cccc(-n2c(C)cc([C@H]3[C@@H](c4ccccn4)NC(=S)N3c3ccc(O)cc3)c2C)c1. The van der Waals surface area contributed by atoms with Crippen LogP contribution in [-0.2, 0) is 4.74 Å². The Morgan fingerprint density at radius 3 is 2.50 bits per heavy atom. The number of phenolic OH excluding ortho intramolecular Hbond substituents is 1. The number of esters is 1. The van der Waals surface area contributed by atoms with E-state index < -0.39 is 0 Å². The van der Waals surface area contributed by atoms with Gasteiger partial charge in [-0.2, -0.15) is 0 Å². The van der Waals surface area contributed by atoms with Crippen LogP contribution in [-0.4, -0.2) is 32.8 Å². The van der Waals surface area contributed by atoms with Crippen LogP contribution in [0.4, 0.5) is 5.69 Å². The molecule has 1 aliphatic heterocycles. The summed E-state index contributed by atoms with van der Waals surface area (Å²) in [6.45, 7) is 4.11. The zero-order valence-electron chi connectivity index (χ0n) is 20.2. The zero-order chi connectivity index (χ0) is 25.4. The fourth-order valence-corrected chi connectivity index (χ4v) is 5.28. The van der Waals surface area contributed by atoms with Gasteiger partial charge in [0.2, 0.25) is 0 Å². The summed E-state index contributed by atoms with van der Waals surface area (Å²) in [4.78, 5) is 18.9. The fourth-order valence-electron chi connectivity index (χ4n) is 4.94. The summed E-state index contributed by atoms with van der Waals surface area (Å²) >= 11 is 5.81. The molecule has 1 aliphatic rings. The summed E-state index contributed by atoms with van der Waals surface area (Å²) in [5.74, 6) is -0.183. The molecule has 182 valence electrons. The van der Waals surface area contributed by atoms with Crippen molar-refractivity contribution in [2.24, 2.45) is 0 Å². The highest BCUT2D eigenvalue weighted by Gasteiger charge is 2.42. The third-order valence-corrected chi connectivity index (χ3v) is 6.85. The molecule has 1 fully saturated rings. The van der Waals surface area contributed by atoms with E-state index in [4.69, 9.17) is 17.0 Å². The predicted octanol–water partition coefficient (Wildman–Crippen LogP) is 5.16. The maximum Gasteiger partial charge on any atom is 0.337 e. The molecule has 1 saturated heterocycles. The van der Waals surface area contributed by atoms with Gasteiger partial charge in [0.1, 0.15) is 5.75 Å². The van der Waals surface area contributed by atoms with Crippen LogP contribution < -0.4 is 10.2 Å². The Kier molecular flexibility index (Phi) is 6.20. The average molecular weight is 499 g/mol. The highest BCUT2D eigenvalue weighted by molar-refractivity contribution is 7.80. The number of benzene rings is 2. The van der Waals surface area contributed by atoms with Gasteiger partial charge in [-0.1, -0.05) is 12.1 Å². The fraction of sp³-hybridized carbons (Fsp3) is 0.179. The van der Waals surface area contributed by atoms with Crippen molar-refractivity contribution in [2.45, 2.75) is 25.9 Å². The summed E-state index contributed by atoms with van der Waals surface area (Å²) in [5, 5.41) is 13.9. The molecule has 5 rings (SSSR count). The number of hydrogen-bond acceptors (Lipinski definition) is 5. The Balaban J connectivity index is 1.66. The number of ether oxygens (including phenoxy) is 1. The van der Waals surface area contributed by atoms with Crippen molar-refractivity contribution in [3.8, 4) is 11.4 Å². The van der Waals surface area contributed by atoms with Gasteiger partial charge < -0.3 is 24.6 Å². The van der Waals surface area contributed by atoms with Gasteiger partial charge in [-0.25, -0.2) is 4.79 Å². The van der Waals surface area contributed by atoms with E-state index in [0.29, 0.717) is 10.7 Å². The number of aryl methyl sites for hydroxylation is 1. The number of hydrogen-bond donors (Lipinski definition) is 2. The van der Waals surface area contributed by atoms with Crippen LogP contribution in [0.5, 0.6) is 5.75 Å². The summed E-state index contributed by atoms with van der Waals surface area (Å²) in [6, 6.07) is 22.1. The number of methoxy groups -OCH3 is 1. The minimum Gasteiger partial charge on any atom is -0.508 e. The number of aromatic hydroxyl groups is 1. The Morgan fingerprint density at radius 1 is 1.03 bits per heavy atom. The molecule has 0 radical (unpaired) electrons. The van der Waals surface area contributed by atoms with E-state index in [1.54, 1.807) is 24.4 Å². The normalized spacial score (nSPS) is 17.2. The second-order valence-electron chi connectivity index (χ2n) is 8.72. The number of pyridine rings is 1. The third-order valence-electron chi connectivity index (χ3n) is 6.54. The van der Waals surface area contributed by atoms with E-state index in [0.717, 1.165) is 34.0 Å². The number of carbonyl (C=O) groups excluding carboxylic acids is 1. The number of phenols is 1. The zero-order valence-corrected chi connectivity index (χ0v) is 21.0.